The van der Waals surface area contributed by atoms with Gasteiger partial charge in [-0.1, -0.05) is 31.4 Å². The van der Waals surface area contributed by atoms with Gasteiger partial charge in [-0.2, -0.15) is 5.10 Å². The summed E-state index contributed by atoms with van der Waals surface area (Å²) in [5.74, 6) is -1.66. The number of nitrogens with one attached hydrogen (secondary N) is 3. The molecule has 0 spiro atoms. The zero-order valence-corrected chi connectivity index (χ0v) is 17.1. The summed E-state index contributed by atoms with van der Waals surface area (Å²) in [6.07, 6.45) is 9.53. The van der Waals surface area contributed by atoms with Crippen LogP contribution in [-0.4, -0.2) is 29.5 Å². The van der Waals surface area contributed by atoms with Gasteiger partial charge in [0.25, 0.3) is 0 Å². The molecule has 1 saturated carbocycles. The third-order valence-corrected chi connectivity index (χ3v) is 5.58. The van der Waals surface area contributed by atoms with Gasteiger partial charge in [-0.05, 0) is 62.6 Å². The van der Waals surface area contributed by atoms with Crippen LogP contribution in [0.1, 0.15) is 69.4 Å². The number of carbonyl (C=O) groups is 3. The van der Waals surface area contributed by atoms with Crippen LogP contribution in [0.3, 0.4) is 0 Å². The van der Waals surface area contributed by atoms with Gasteiger partial charge in [0.2, 0.25) is 5.91 Å². The number of hydrogen-bond donors (Lipinski definition) is 3. The summed E-state index contributed by atoms with van der Waals surface area (Å²) in [6, 6.07) is 6.07. The fraction of sp³-hybridized carbons (Fsp3) is 0.545. The molecule has 0 aromatic heterocycles. The molecule has 3 rings (SSSR count). The first-order valence-corrected chi connectivity index (χ1v) is 10.6. The highest BCUT2D eigenvalue weighted by Crippen LogP contribution is 2.27. The van der Waals surface area contributed by atoms with E-state index in [1.165, 1.54) is 24.0 Å². The van der Waals surface area contributed by atoms with E-state index < -0.39 is 11.8 Å². The number of hydrazone groups is 1. The van der Waals surface area contributed by atoms with Crippen molar-refractivity contribution in [2.45, 2.75) is 77.2 Å². The second kappa shape index (κ2) is 10.2. The van der Waals surface area contributed by atoms with E-state index in [4.69, 9.17) is 0 Å². The Morgan fingerprint density at radius 3 is 2.55 bits per heavy atom. The van der Waals surface area contributed by atoms with Crippen LogP contribution in [0.4, 0.5) is 5.69 Å². The van der Waals surface area contributed by atoms with Gasteiger partial charge in [0.05, 0.1) is 6.42 Å². The number of nitrogens with zero attached hydrogens (tertiary/aromatic N) is 1. The molecule has 3 amide bonds. The molecular formula is C22H30N4O3. The van der Waals surface area contributed by atoms with Crippen molar-refractivity contribution in [2.75, 3.05) is 5.32 Å². The van der Waals surface area contributed by atoms with E-state index in [2.05, 4.69) is 27.2 Å². The molecule has 7 heteroatoms. The molecule has 7 nitrogen and oxygen atoms in total. The summed E-state index contributed by atoms with van der Waals surface area (Å²) < 4.78 is 0. The molecule has 0 saturated heterocycles. The number of fused-ring (bicyclic) bond motifs is 1. The molecule has 0 bridgehead atoms. The molecule has 0 aliphatic heterocycles. The van der Waals surface area contributed by atoms with E-state index >= 15 is 0 Å². The van der Waals surface area contributed by atoms with Crippen LogP contribution >= 0.6 is 0 Å². The number of amides is 3. The zero-order valence-electron chi connectivity index (χ0n) is 17.1. The van der Waals surface area contributed by atoms with Crippen molar-refractivity contribution in [1.29, 1.82) is 0 Å². The predicted molar refractivity (Wildman–Crippen MR) is 113 cm³/mol. The van der Waals surface area contributed by atoms with Gasteiger partial charge in [-0.25, -0.2) is 5.43 Å². The van der Waals surface area contributed by atoms with Crippen molar-refractivity contribution in [2.24, 2.45) is 5.10 Å². The quantitative estimate of drug-likeness (QED) is 0.404. The second-order valence-electron chi connectivity index (χ2n) is 7.97. The number of aryl methyl sites for hydroxylation is 1. The molecule has 1 fully saturated rings. The summed E-state index contributed by atoms with van der Waals surface area (Å²) in [6.45, 7) is 1.65. The molecule has 2 aliphatic rings. The Morgan fingerprint density at radius 1 is 1.00 bits per heavy atom. The Labute approximate surface area is 171 Å². The zero-order chi connectivity index (χ0) is 20.6. The third kappa shape index (κ3) is 6.14. The van der Waals surface area contributed by atoms with Crippen LogP contribution in [0.5, 0.6) is 0 Å². The van der Waals surface area contributed by atoms with Crippen molar-refractivity contribution in [3.63, 3.8) is 0 Å². The number of rotatable bonds is 5. The van der Waals surface area contributed by atoms with Gasteiger partial charge in [0.1, 0.15) is 0 Å². The normalized spacial score (nSPS) is 17.2. The van der Waals surface area contributed by atoms with Gasteiger partial charge in [-0.3, -0.25) is 14.4 Å². The number of anilines is 1. The fourth-order valence-electron chi connectivity index (χ4n) is 4.06. The molecule has 156 valence electrons. The first-order valence-electron chi connectivity index (χ1n) is 10.6. The SMILES string of the molecule is C/C(CC(=O)Nc1cccc2c1CCCC2)=N\NC(=O)C(=O)NC1CCCCC1. The highest BCUT2D eigenvalue weighted by atomic mass is 16.2. The Kier molecular flexibility index (Phi) is 7.38. The van der Waals surface area contributed by atoms with E-state index in [1.54, 1.807) is 6.92 Å². The summed E-state index contributed by atoms with van der Waals surface area (Å²) in [5, 5.41) is 9.60. The van der Waals surface area contributed by atoms with Gasteiger partial charge >= 0.3 is 11.8 Å². The highest BCUT2D eigenvalue weighted by molar-refractivity contribution is 6.35. The molecule has 2 aliphatic carbocycles. The highest BCUT2D eigenvalue weighted by Gasteiger charge is 2.20. The first-order chi connectivity index (χ1) is 14.0. The minimum Gasteiger partial charge on any atom is -0.345 e. The lowest BCUT2D eigenvalue weighted by Crippen LogP contribution is -2.44. The van der Waals surface area contributed by atoms with Crippen LogP contribution in [0.25, 0.3) is 0 Å². The van der Waals surface area contributed by atoms with E-state index in [0.29, 0.717) is 5.71 Å². The molecule has 0 atom stereocenters. The average molecular weight is 399 g/mol. The molecule has 0 heterocycles. The first kappa shape index (κ1) is 21.0. The van der Waals surface area contributed by atoms with Gasteiger partial charge in [-0.15, -0.1) is 0 Å². The average Bonchev–Trinajstić information content (AvgIpc) is 2.73. The molecule has 1 aromatic rings. The maximum atomic E-state index is 12.4. The topological polar surface area (TPSA) is 99.7 Å². The Balaban J connectivity index is 1.47. The molecule has 29 heavy (non-hydrogen) atoms. The summed E-state index contributed by atoms with van der Waals surface area (Å²) in [5.41, 5.74) is 6.06. The van der Waals surface area contributed by atoms with Crippen molar-refractivity contribution in [3.8, 4) is 0 Å². The predicted octanol–water partition coefficient (Wildman–Crippen LogP) is 2.84. The maximum Gasteiger partial charge on any atom is 0.329 e. The molecular weight excluding hydrogens is 368 g/mol. The number of hydrogen-bond acceptors (Lipinski definition) is 4. The molecule has 3 N–H and O–H groups in total. The van der Waals surface area contributed by atoms with Crippen LogP contribution < -0.4 is 16.1 Å². The minimum absolute atomic E-state index is 0.0498. The second-order valence-corrected chi connectivity index (χ2v) is 7.97. The lowest BCUT2D eigenvalue weighted by atomic mass is 9.90. The fourth-order valence-corrected chi connectivity index (χ4v) is 4.06. The van der Waals surface area contributed by atoms with Crippen molar-refractivity contribution in [1.82, 2.24) is 10.7 Å². The number of benzene rings is 1. The minimum atomic E-state index is -0.799. The van der Waals surface area contributed by atoms with Crippen LogP contribution in [0, 0.1) is 0 Å². The van der Waals surface area contributed by atoms with Crippen LogP contribution in [0.15, 0.2) is 23.3 Å². The number of carbonyl (C=O) groups excluding carboxylic acids is 3. The van der Waals surface area contributed by atoms with E-state index in [1.807, 2.05) is 12.1 Å². The molecule has 1 aromatic carbocycles. The molecule has 0 unspecified atom stereocenters. The van der Waals surface area contributed by atoms with E-state index in [9.17, 15) is 14.4 Å². The van der Waals surface area contributed by atoms with Crippen LogP contribution in [-0.2, 0) is 27.2 Å². The van der Waals surface area contributed by atoms with Gasteiger partial charge < -0.3 is 10.6 Å². The van der Waals surface area contributed by atoms with Crippen LogP contribution in [0.2, 0.25) is 0 Å². The maximum absolute atomic E-state index is 12.4. The summed E-state index contributed by atoms with van der Waals surface area (Å²) in [4.78, 5) is 36.2. The largest absolute Gasteiger partial charge is 0.345 e. The van der Waals surface area contributed by atoms with Crippen molar-refractivity contribution < 1.29 is 14.4 Å². The molecule has 0 radical (unpaired) electrons. The smallest absolute Gasteiger partial charge is 0.329 e. The van der Waals surface area contributed by atoms with Gasteiger partial charge in [0.15, 0.2) is 0 Å². The third-order valence-electron chi connectivity index (χ3n) is 5.58. The van der Waals surface area contributed by atoms with Gasteiger partial charge in [0, 0.05) is 17.4 Å². The monoisotopic (exact) mass is 398 g/mol. The summed E-state index contributed by atoms with van der Waals surface area (Å²) >= 11 is 0. The Bertz CT molecular complexity index is 797. The van der Waals surface area contributed by atoms with E-state index in [-0.39, 0.29) is 18.4 Å². The van der Waals surface area contributed by atoms with Crippen molar-refractivity contribution >= 4 is 29.1 Å². The standard InChI is InChI=1S/C22H30N4O3/c1-15(25-26-22(29)21(28)23-17-10-3-2-4-11-17)14-20(27)24-19-13-7-9-16-8-5-6-12-18(16)19/h7,9,13,17H,2-6,8,10-12,14H2,1H3,(H,23,28)(H,24,27)(H,26,29)/b25-15+. The Hall–Kier alpha value is -2.70. The Morgan fingerprint density at radius 2 is 1.76 bits per heavy atom. The lowest BCUT2D eigenvalue weighted by molar-refractivity contribution is -0.139. The van der Waals surface area contributed by atoms with E-state index in [0.717, 1.165) is 50.6 Å². The summed E-state index contributed by atoms with van der Waals surface area (Å²) in [7, 11) is 0. The lowest BCUT2D eigenvalue weighted by Gasteiger charge is -2.22. The van der Waals surface area contributed by atoms with Crippen molar-refractivity contribution in [3.05, 3.63) is 29.3 Å².